The third-order valence-electron chi connectivity index (χ3n) is 3.99. The Bertz CT molecular complexity index is 464. The zero-order valence-electron chi connectivity index (χ0n) is 14.0. The Morgan fingerprint density at radius 3 is 2.52 bits per heavy atom. The molecular weight excluding hydrogens is 421 g/mol. The van der Waals surface area contributed by atoms with Gasteiger partial charge in [-0.3, -0.25) is 4.99 Å². The SMILES string of the molecule is CN=C(NCCOC)NCC1(Sc2ccccc2)CCCC1.I. The molecule has 0 bridgehead atoms. The molecule has 1 aliphatic carbocycles. The van der Waals surface area contributed by atoms with E-state index in [1.807, 2.05) is 18.8 Å². The predicted molar refractivity (Wildman–Crippen MR) is 110 cm³/mol. The lowest BCUT2D eigenvalue weighted by atomic mass is 10.1. The number of hydrogen-bond acceptors (Lipinski definition) is 3. The molecule has 0 atom stereocenters. The maximum absolute atomic E-state index is 5.06. The van der Waals surface area contributed by atoms with Gasteiger partial charge in [0.25, 0.3) is 0 Å². The van der Waals surface area contributed by atoms with Gasteiger partial charge in [-0.1, -0.05) is 31.0 Å². The number of benzene rings is 1. The molecule has 0 aliphatic heterocycles. The maximum atomic E-state index is 5.06. The van der Waals surface area contributed by atoms with E-state index in [4.69, 9.17) is 4.74 Å². The van der Waals surface area contributed by atoms with Gasteiger partial charge in [-0.05, 0) is 25.0 Å². The quantitative estimate of drug-likeness (QED) is 0.290. The second kappa shape index (κ2) is 11.1. The minimum atomic E-state index is 0. The van der Waals surface area contributed by atoms with E-state index in [1.54, 1.807) is 7.11 Å². The van der Waals surface area contributed by atoms with Crippen molar-refractivity contribution in [3.05, 3.63) is 30.3 Å². The van der Waals surface area contributed by atoms with Gasteiger partial charge in [-0.15, -0.1) is 35.7 Å². The highest BCUT2D eigenvalue weighted by molar-refractivity contribution is 14.0. The van der Waals surface area contributed by atoms with Gasteiger partial charge in [-0.25, -0.2) is 0 Å². The van der Waals surface area contributed by atoms with E-state index in [9.17, 15) is 0 Å². The normalized spacial score (nSPS) is 16.7. The van der Waals surface area contributed by atoms with Gasteiger partial charge in [0.05, 0.1) is 6.61 Å². The smallest absolute Gasteiger partial charge is 0.191 e. The first-order valence-corrected chi connectivity index (χ1v) is 8.77. The van der Waals surface area contributed by atoms with E-state index < -0.39 is 0 Å². The summed E-state index contributed by atoms with van der Waals surface area (Å²) in [7, 11) is 3.52. The molecule has 0 spiro atoms. The van der Waals surface area contributed by atoms with E-state index in [-0.39, 0.29) is 28.7 Å². The van der Waals surface area contributed by atoms with Crippen LogP contribution in [-0.4, -0.2) is 44.6 Å². The Labute approximate surface area is 161 Å². The lowest BCUT2D eigenvalue weighted by molar-refractivity contribution is 0.203. The predicted octanol–water partition coefficient (Wildman–Crippen LogP) is 3.52. The van der Waals surface area contributed by atoms with Crippen LogP contribution in [0.1, 0.15) is 25.7 Å². The molecule has 1 aromatic carbocycles. The average molecular weight is 449 g/mol. The van der Waals surface area contributed by atoms with Crippen LogP contribution in [0.2, 0.25) is 0 Å². The number of nitrogens with zero attached hydrogens (tertiary/aromatic N) is 1. The highest BCUT2D eigenvalue weighted by Crippen LogP contribution is 2.44. The topological polar surface area (TPSA) is 45.7 Å². The van der Waals surface area contributed by atoms with Crippen LogP contribution < -0.4 is 10.6 Å². The van der Waals surface area contributed by atoms with E-state index in [1.165, 1.54) is 30.6 Å². The Hall–Kier alpha value is -0.470. The summed E-state index contributed by atoms with van der Waals surface area (Å²) >= 11 is 2.01. The second-order valence-electron chi connectivity index (χ2n) is 5.65. The van der Waals surface area contributed by atoms with Crippen LogP contribution in [-0.2, 0) is 4.74 Å². The molecule has 0 amide bonds. The summed E-state index contributed by atoms with van der Waals surface area (Å²) in [5.41, 5.74) is 0. The molecule has 0 saturated heterocycles. The number of guanidine groups is 1. The third kappa shape index (κ3) is 6.89. The monoisotopic (exact) mass is 449 g/mol. The van der Waals surface area contributed by atoms with Crippen molar-refractivity contribution in [2.45, 2.75) is 35.3 Å². The number of aliphatic imine (C=N–C) groups is 1. The minimum absolute atomic E-state index is 0. The first-order valence-electron chi connectivity index (χ1n) is 7.95. The van der Waals surface area contributed by atoms with Crippen LogP contribution >= 0.6 is 35.7 Å². The molecule has 2 N–H and O–H groups in total. The van der Waals surface area contributed by atoms with Crippen LogP contribution in [0, 0.1) is 0 Å². The van der Waals surface area contributed by atoms with Crippen molar-refractivity contribution in [2.75, 3.05) is 33.9 Å². The maximum Gasteiger partial charge on any atom is 0.191 e. The minimum Gasteiger partial charge on any atom is -0.383 e. The van der Waals surface area contributed by atoms with Gasteiger partial charge < -0.3 is 15.4 Å². The molecule has 0 heterocycles. The molecule has 0 unspecified atom stereocenters. The summed E-state index contributed by atoms with van der Waals surface area (Å²) in [4.78, 5) is 5.64. The van der Waals surface area contributed by atoms with Crippen molar-refractivity contribution in [3.63, 3.8) is 0 Å². The lowest BCUT2D eigenvalue weighted by Gasteiger charge is -2.29. The number of halogens is 1. The Balaban J connectivity index is 0.00000264. The highest BCUT2D eigenvalue weighted by atomic mass is 127. The summed E-state index contributed by atoms with van der Waals surface area (Å²) < 4.78 is 5.34. The molecule has 0 aromatic heterocycles. The zero-order valence-corrected chi connectivity index (χ0v) is 17.2. The zero-order chi connectivity index (χ0) is 15.7. The third-order valence-corrected chi connectivity index (χ3v) is 5.49. The van der Waals surface area contributed by atoms with Crippen LogP contribution in [0.25, 0.3) is 0 Å². The molecule has 2 rings (SSSR count). The highest BCUT2D eigenvalue weighted by Gasteiger charge is 2.35. The summed E-state index contributed by atoms with van der Waals surface area (Å²) in [5, 5.41) is 6.77. The molecule has 4 nitrogen and oxygen atoms in total. The molecule has 1 saturated carbocycles. The van der Waals surface area contributed by atoms with Crippen LogP contribution in [0.4, 0.5) is 0 Å². The number of ether oxygens (including phenoxy) is 1. The van der Waals surface area contributed by atoms with Gasteiger partial charge >= 0.3 is 0 Å². The summed E-state index contributed by atoms with van der Waals surface area (Å²) in [5.74, 6) is 0.858. The molecule has 130 valence electrons. The fraction of sp³-hybridized carbons (Fsp3) is 0.588. The number of methoxy groups -OCH3 is 1. The van der Waals surface area contributed by atoms with Gasteiger partial charge in [0.15, 0.2) is 5.96 Å². The summed E-state index contributed by atoms with van der Waals surface area (Å²) in [6.07, 6.45) is 5.15. The van der Waals surface area contributed by atoms with Crippen molar-refractivity contribution in [2.24, 2.45) is 4.99 Å². The van der Waals surface area contributed by atoms with Crippen molar-refractivity contribution in [1.82, 2.24) is 10.6 Å². The van der Waals surface area contributed by atoms with Crippen LogP contribution in [0.3, 0.4) is 0 Å². The molecule has 0 radical (unpaired) electrons. The largest absolute Gasteiger partial charge is 0.383 e. The number of thioether (sulfide) groups is 1. The van der Waals surface area contributed by atoms with Gasteiger partial charge in [-0.2, -0.15) is 0 Å². The first-order chi connectivity index (χ1) is 10.8. The van der Waals surface area contributed by atoms with Crippen molar-refractivity contribution in [3.8, 4) is 0 Å². The standard InChI is InChI=1S/C17H27N3OS.HI/c1-18-16(19-12-13-21-2)20-14-17(10-6-7-11-17)22-15-8-4-3-5-9-15;/h3-5,8-9H,6-7,10-14H2,1-2H3,(H2,18,19,20);1H. The van der Waals surface area contributed by atoms with Crippen molar-refractivity contribution in [1.29, 1.82) is 0 Å². The van der Waals surface area contributed by atoms with Gasteiger partial charge in [0.2, 0.25) is 0 Å². The van der Waals surface area contributed by atoms with Gasteiger partial charge in [0, 0.05) is 36.9 Å². The molecular formula is C17H28IN3OS. The Morgan fingerprint density at radius 2 is 1.91 bits per heavy atom. The number of hydrogen-bond donors (Lipinski definition) is 2. The molecule has 1 fully saturated rings. The van der Waals surface area contributed by atoms with Crippen molar-refractivity contribution >= 4 is 41.7 Å². The van der Waals surface area contributed by atoms with E-state index in [0.717, 1.165) is 19.0 Å². The first kappa shape index (κ1) is 20.6. The average Bonchev–Trinajstić information content (AvgIpc) is 3.00. The van der Waals surface area contributed by atoms with Crippen molar-refractivity contribution < 1.29 is 4.74 Å². The van der Waals surface area contributed by atoms with E-state index >= 15 is 0 Å². The van der Waals surface area contributed by atoms with Crippen LogP contribution in [0.5, 0.6) is 0 Å². The summed E-state index contributed by atoms with van der Waals surface area (Å²) in [6.45, 7) is 2.40. The van der Waals surface area contributed by atoms with E-state index in [2.05, 4.69) is 46.0 Å². The molecule has 6 heteroatoms. The lowest BCUT2D eigenvalue weighted by Crippen LogP contribution is -2.45. The second-order valence-corrected chi connectivity index (χ2v) is 7.19. The number of nitrogens with one attached hydrogen (secondary N) is 2. The van der Waals surface area contributed by atoms with Gasteiger partial charge in [0.1, 0.15) is 0 Å². The number of rotatable bonds is 7. The fourth-order valence-electron chi connectivity index (χ4n) is 2.81. The van der Waals surface area contributed by atoms with Crippen LogP contribution in [0.15, 0.2) is 40.2 Å². The fourth-order valence-corrected chi connectivity index (χ4v) is 4.24. The summed E-state index contributed by atoms with van der Waals surface area (Å²) in [6, 6.07) is 10.7. The molecule has 1 aromatic rings. The Morgan fingerprint density at radius 1 is 1.22 bits per heavy atom. The Kier molecular flexibility index (Phi) is 9.97. The molecule has 1 aliphatic rings. The molecule has 23 heavy (non-hydrogen) atoms. The van der Waals surface area contributed by atoms with E-state index in [0.29, 0.717) is 6.61 Å².